The fourth-order valence-corrected chi connectivity index (χ4v) is 1.91. The van der Waals surface area contributed by atoms with E-state index in [4.69, 9.17) is 0 Å². The molecule has 1 aromatic carbocycles. The lowest BCUT2D eigenvalue weighted by Crippen LogP contribution is -2.47. The molecule has 0 aliphatic heterocycles. The Morgan fingerprint density at radius 2 is 1.85 bits per heavy atom. The molecule has 0 saturated heterocycles. The molecule has 1 rings (SSSR count). The van der Waals surface area contributed by atoms with Crippen molar-refractivity contribution < 1.29 is 18.4 Å². The van der Waals surface area contributed by atoms with Crippen LogP contribution in [0.2, 0.25) is 0 Å². The Labute approximate surface area is 121 Å². The Hall–Kier alpha value is -1.63. The summed E-state index contributed by atoms with van der Waals surface area (Å²) in [5, 5.41) is 5.03. The molecule has 0 aromatic heterocycles. The second-order valence-electron chi connectivity index (χ2n) is 4.25. The van der Waals surface area contributed by atoms with Crippen molar-refractivity contribution in [2.75, 3.05) is 12.3 Å². The van der Waals surface area contributed by atoms with E-state index in [9.17, 15) is 18.4 Å². The number of hydrogen-bond donors (Lipinski definition) is 3. The van der Waals surface area contributed by atoms with Gasteiger partial charge >= 0.3 is 0 Å². The van der Waals surface area contributed by atoms with Crippen LogP contribution < -0.4 is 10.6 Å². The van der Waals surface area contributed by atoms with Gasteiger partial charge in [0.2, 0.25) is 11.8 Å². The van der Waals surface area contributed by atoms with Gasteiger partial charge in [-0.2, -0.15) is 12.6 Å². The van der Waals surface area contributed by atoms with Gasteiger partial charge in [0.25, 0.3) is 0 Å². The van der Waals surface area contributed by atoms with Crippen LogP contribution >= 0.6 is 12.6 Å². The van der Waals surface area contributed by atoms with E-state index in [0.29, 0.717) is 12.0 Å². The molecule has 0 aliphatic rings. The first-order valence-corrected chi connectivity index (χ1v) is 6.66. The average Bonchev–Trinajstić information content (AvgIpc) is 2.34. The van der Waals surface area contributed by atoms with Crippen LogP contribution in [0.3, 0.4) is 0 Å². The molecule has 0 bridgehead atoms. The fraction of sp³-hybridized carbons (Fsp3) is 0.385. The van der Waals surface area contributed by atoms with Crippen molar-refractivity contribution in [2.45, 2.75) is 19.4 Å². The minimum atomic E-state index is -0.722. The second-order valence-corrected chi connectivity index (χ2v) is 4.62. The topological polar surface area (TPSA) is 58.2 Å². The van der Waals surface area contributed by atoms with Gasteiger partial charge in [0, 0.05) is 25.3 Å². The molecule has 2 amide bonds. The zero-order valence-electron chi connectivity index (χ0n) is 11.0. The van der Waals surface area contributed by atoms with Crippen molar-refractivity contribution in [3.8, 4) is 0 Å². The van der Waals surface area contributed by atoms with Gasteiger partial charge < -0.3 is 10.6 Å². The van der Waals surface area contributed by atoms with Crippen LogP contribution in [0.4, 0.5) is 8.78 Å². The monoisotopic (exact) mass is 302 g/mol. The lowest BCUT2D eigenvalue weighted by atomic mass is 10.1. The molecule has 0 heterocycles. The van der Waals surface area contributed by atoms with Crippen LogP contribution in [-0.4, -0.2) is 30.2 Å². The summed E-state index contributed by atoms with van der Waals surface area (Å²) in [4.78, 5) is 22.6. The smallest absolute Gasteiger partial charge is 0.243 e. The van der Waals surface area contributed by atoms with Gasteiger partial charge in [-0.1, -0.05) is 0 Å². The zero-order chi connectivity index (χ0) is 15.1. The lowest BCUT2D eigenvalue weighted by molar-refractivity contribution is -0.127. The predicted octanol–water partition coefficient (Wildman–Crippen LogP) is 1.06. The first kappa shape index (κ1) is 16.4. The van der Waals surface area contributed by atoms with Crippen molar-refractivity contribution in [2.24, 2.45) is 0 Å². The van der Waals surface area contributed by atoms with Crippen LogP contribution in [0.15, 0.2) is 18.2 Å². The Kier molecular flexibility index (Phi) is 6.44. The first-order chi connectivity index (χ1) is 9.42. The van der Waals surface area contributed by atoms with E-state index in [1.54, 1.807) is 0 Å². The molecular weight excluding hydrogens is 286 g/mol. The highest BCUT2D eigenvalue weighted by Crippen LogP contribution is 2.08. The molecule has 0 aliphatic carbocycles. The molecule has 4 nitrogen and oxygen atoms in total. The van der Waals surface area contributed by atoms with E-state index >= 15 is 0 Å². The maximum Gasteiger partial charge on any atom is 0.243 e. The van der Waals surface area contributed by atoms with E-state index < -0.39 is 17.7 Å². The zero-order valence-corrected chi connectivity index (χ0v) is 11.8. The van der Waals surface area contributed by atoms with Crippen molar-refractivity contribution in [3.63, 3.8) is 0 Å². The van der Waals surface area contributed by atoms with Crippen molar-refractivity contribution in [1.82, 2.24) is 10.6 Å². The minimum absolute atomic E-state index is 0.167. The predicted molar refractivity (Wildman–Crippen MR) is 74.5 cm³/mol. The van der Waals surface area contributed by atoms with Gasteiger partial charge in [0.1, 0.15) is 17.7 Å². The summed E-state index contributed by atoms with van der Waals surface area (Å²) in [6.45, 7) is 1.52. The number of carbonyl (C=O) groups is 2. The summed E-state index contributed by atoms with van der Waals surface area (Å²) in [5.74, 6) is -1.85. The highest BCUT2D eigenvalue weighted by atomic mass is 32.1. The molecule has 1 unspecified atom stereocenters. The largest absolute Gasteiger partial charge is 0.354 e. The summed E-state index contributed by atoms with van der Waals surface area (Å²) >= 11 is 3.97. The molecule has 1 aromatic rings. The minimum Gasteiger partial charge on any atom is -0.354 e. The molecule has 20 heavy (non-hydrogen) atoms. The Balaban J connectivity index is 2.46. The van der Waals surface area contributed by atoms with E-state index in [1.165, 1.54) is 19.1 Å². The fourth-order valence-electron chi connectivity index (χ4n) is 1.65. The van der Waals surface area contributed by atoms with Gasteiger partial charge in [0.05, 0.1) is 0 Å². The van der Waals surface area contributed by atoms with Gasteiger partial charge in [-0.15, -0.1) is 0 Å². The van der Waals surface area contributed by atoms with Crippen LogP contribution in [-0.2, 0) is 16.0 Å². The van der Waals surface area contributed by atoms with Gasteiger partial charge in [-0.3, -0.25) is 9.59 Å². The van der Waals surface area contributed by atoms with Crippen molar-refractivity contribution in [1.29, 1.82) is 0 Å². The highest BCUT2D eigenvalue weighted by Gasteiger charge is 2.16. The number of amides is 2. The summed E-state index contributed by atoms with van der Waals surface area (Å²) in [6, 6.07) is 2.48. The summed E-state index contributed by atoms with van der Waals surface area (Å²) in [5.41, 5.74) is 0.449. The number of thiol groups is 1. The second kappa shape index (κ2) is 7.84. The van der Waals surface area contributed by atoms with E-state index in [-0.39, 0.29) is 24.1 Å². The Morgan fingerprint density at radius 1 is 1.25 bits per heavy atom. The summed E-state index contributed by atoms with van der Waals surface area (Å²) in [7, 11) is 0. The number of benzene rings is 1. The SMILES string of the molecule is CC(=O)NC(CS)C(=O)NCCc1cc(F)cc(F)c1. The third-order valence-corrected chi connectivity index (χ3v) is 2.88. The Morgan fingerprint density at radius 3 is 2.35 bits per heavy atom. The molecule has 7 heteroatoms. The van der Waals surface area contributed by atoms with Gasteiger partial charge in [-0.05, 0) is 24.1 Å². The third-order valence-electron chi connectivity index (χ3n) is 2.51. The maximum atomic E-state index is 13.0. The molecule has 0 fully saturated rings. The van der Waals surface area contributed by atoms with Gasteiger partial charge in [-0.25, -0.2) is 8.78 Å². The van der Waals surface area contributed by atoms with Crippen LogP contribution in [0.5, 0.6) is 0 Å². The molecule has 0 spiro atoms. The molecular formula is C13H16F2N2O2S. The number of hydrogen-bond acceptors (Lipinski definition) is 3. The van der Waals surface area contributed by atoms with Crippen molar-refractivity contribution in [3.05, 3.63) is 35.4 Å². The molecule has 0 saturated carbocycles. The summed E-state index contributed by atoms with van der Waals surface area (Å²) < 4.78 is 25.9. The molecule has 110 valence electrons. The Bertz CT molecular complexity index is 477. The van der Waals surface area contributed by atoms with Crippen LogP contribution in [0, 0.1) is 11.6 Å². The van der Waals surface area contributed by atoms with Gasteiger partial charge in [0.15, 0.2) is 0 Å². The average molecular weight is 302 g/mol. The van der Waals surface area contributed by atoms with E-state index in [1.807, 2.05) is 0 Å². The van der Waals surface area contributed by atoms with Crippen molar-refractivity contribution >= 4 is 24.4 Å². The number of carbonyl (C=O) groups excluding carboxylic acids is 2. The highest BCUT2D eigenvalue weighted by molar-refractivity contribution is 7.80. The van der Waals surface area contributed by atoms with Crippen LogP contribution in [0.25, 0.3) is 0 Å². The number of rotatable bonds is 6. The number of halogens is 2. The summed E-state index contributed by atoms with van der Waals surface area (Å²) in [6.07, 6.45) is 0.291. The molecule has 2 N–H and O–H groups in total. The van der Waals surface area contributed by atoms with Crippen LogP contribution in [0.1, 0.15) is 12.5 Å². The third kappa shape index (κ3) is 5.56. The first-order valence-electron chi connectivity index (χ1n) is 6.03. The lowest BCUT2D eigenvalue weighted by Gasteiger charge is -2.15. The van der Waals surface area contributed by atoms with E-state index in [0.717, 1.165) is 6.07 Å². The quantitative estimate of drug-likeness (QED) is 0.688. The standard InChI is InChI=1S/C13H16F2N2O2S/c1-8(18)17-12(7-20)13(19)16-3-2-9-4-10(14)6-11(15)5-9/h4-6,12,20H,2-3,7H2,1H3,(H,16,19)(H,17,18). The normalized spacial score (nSPS) is 11.8. The van der Waals surface area contributed by atoms with E-state index in [2.05, 4.69) is 23.3 Å². The molecule has 1 atom stereocenters. The molecule has 0 radical (unpaired) electrons. The number of nitrogens with one attached hydrogen (secondary N) is 2. The maximum absolute atomic E-state index is 13.0.